The number of hydrogen-bond donors (Lipinski definition) is 1. The molecule has 88 valence electrons. The summed E-state index contributed by atoms with van der Waals surface area (Å²) in [7, 11) is 0. The first-order valence-electron chi connectivity index (χ1n) is 5.71. The molecule has 0 aromatic carbocycles. The van der Waals surface area contributed by atoms with Crippen LogP contribution in [0.15, 0.2) is 0 Å². The maximum atomic E-state index is 11.3. The second kappa shape index (κ2) is 6.80. The first-order valence-corrected chi connectivity index (χ1v) is 5.71. The second-order valence-electron chi connectivity index (χ2n) is 4.11. The molecule has 0 spiro atoms. The molecule has 1 fully saturated rings. The van der Waals surface area contributed by atoms with Gasteiger partial charge in [-0.1, -0.05) is 6.92 Å². The number of nitrogens with two attached hydrogens (primary N) is 1. The SMILES string of the molecule is CCC(N)CC(=O)OCC1CCOCC1. The van der Waals surface area contributed by atoms with Crippen LogP contribution in [0.4, 0.5) is 0 Å². The molecule has 15 heavy (non-hydrogen) atoms. The topological polar surface area (TPSA) is 61.6 Å². The van der Waals surface area contributed by atoms with E-state index in [1.54, 1.807) is 0 Å². The Morgan fingerprint density at radius 2 is 2.20 bits per heavy atom. The molecule has 0 saturated carbocycles. The van der Waals surface area contributed by atoms with Crippen molar-refractivity contribution in [1.82, 2.24) is 0 Å². The summed E-state index contributed by atoms with van der Waals surface area (Å²) in [6, 6.07) is -0.0628. The Balaban J connectivity index is 2.10. The van der Waals surface area contributed by atoms with Crippen molar-refractivity contribution in [3.63, 3.8) is 0 Å². The van der Waals surface area contributed by atoms with Gasteiger partial charge in [-0.25, -0.2) is 0 Å². The standard InChI is InChI=1S/C11H21NO3/c1-2-10(12)7-11(13)15-8-9-3-5-14-6-4-9/h9-10H,2-8,12H2,1H3. The molecule has 4 heteroatoms. The lowest BCUT2D eigenvalue weighted by molar-refractivity contribution is -0.146. The van der Waals surface area contributed by atoms with Gasteiger partial charge in [0.05, 0.1) is 13.0 Å². The van der Waals surface area contributed by atoms with Crippen LogP contribution in [0, 0.1) is 5.92 Å². The Kier molecular flexibility index (Phi) is 5.65. The lowest BCUT2D eigenvalue weighted by Crippen LogP contribution is -2.26. The molecule has 1 heterocycles. The molecule has 1 aliphatic rings. The average molecular weight is 215 g/mol. The van der Waals surface area contributed by atoms with E-state index in [1.165, 1.54) is 0 Å². The highest BCUT2D eigenvalue weighted by Crippen LogP contribution is 2.15. The molecule has 0 radical (unpaired) electrons. The van der Waals surface area contributed by atoms with Gasteiger partial charge in [0.25, 0.3) is 0 Å². The van der Waals surface area contributed by atoms with Gasteiger partial charge in [-0.15, -0.1) is 0 Å². The van der Waals surface area contributed by atoms with Crippen LogP contribution in [-0.4, -0.2) is 31.8 Å². The summed E-state index contributed by atoms with van der Waals surface area (Å²) in [5.41, 5.74) is 5.66. The maximum Gasteiger partial charge on any atom is 0.307 e. The van der Waals surface area contributed by atoms with E-state index in [1.807, 2.05) is 6.92 Å². The van der Waals surface area contributed by atoms with Gasteiger partial charge in [0.15, 0.2) is 0 Å². The largest absolute Gasteiger partial charge is 0.465 e. The number of rotatable bonds is 5. The molecule has 0 amide bonds. The number of carbonyl (C=O) groups is 1. The van der Waals surface area contributed by atoms with Crippen LogP contribution in [0.3, 0.4) is 0 Å². The van der Waals surface area contributed by atoms with E-state index in [0.717, 1.165) is 32.5 Å². The molecule has 4 nitrogen and oxygen atoms in total. The summed E-state index contributed by atoms with van der Waals surface area (Å²) in [5, 5.41) is 0. The third-order valence-corrected chi connectivity index (χ3v) is 2.77. The zero-order valence-electron chi connectivity index (χ0n) is 9.41. The molecule has 0 aliphatic carbocycles. The van der Waals surface area contributed by atoms with Gasteiger partial charge in [0.1, 0.15) is 0 Å². The normalized spacial score (nSPS) is 19.9. The number of esters is 1. The Hall–Kier alpha value is -0.610. The van der Waals surface area contributed by atoms with Crippen LogP contribution < -0.4 is 5.73 Å². The zero-order valence-corrected chi connectivity index (χ0v) is 9.41. The highest BCUT2D eigenvalue weighted by molar-refractivity contribution is 5.70. The lowest BCUT2D eigenvalue weighted by atomic mass is 10.0. The first kappa shape index (κ1) is 12.5. The molecular weight excluding hydrogens is 194 g/mol. The molecule has 1 atom stereocenters. The van der Waals surface area contributed by atoms with Gasteiger partial charge < -0.3 is 15.2 Å². The predicted molar refractivity (Wildman–Crippen MR) is 57.4 cm³/mol. The van der Waals surface area contributed by atoms with E-state index in [9.17, 15) is 4.79 Å². The molecular formula is C11H21NO3. The van der Waals surface area contributed by atoms with Crippen molar-refractivity contribution in [3.05, 3.63) is 0 Å². The van der Waals surface area contributed by atoms with Crippen molar-refractivity contribution in [1.29, 1.82) is 0 Å². The van der Waals surface area contributed by atoms with Crippen LogP contribution in [-0.2, 0) is 14.3 Å². The highest BCUT2D eigenvalue weighted by atomic mass is 16.5. The second-order valence-corrected chi connectivity index (χ2v) is 4.11. The van der Waals surface area contributed by atoms with Gasteiger partial charge in [-0.2, -0.15) is 0 Å². The Morgan fingerprint density at radius 1 is 1.53 bits per heavy atom. The maximum absolute atomic E-state index is 11.3. The Labute approximate surface area is 91.1 Å². The van der Waals surface area contributed by atoms with E-state index in [-0.39, 0.29) is 12.0 Å². The predicted octanol–water partition coefficient (Wildman–Crippen LogP) is 1.08. The van der Waals surface area contributed by atoms with Crippen LogP contribution >= 0.6 is 0 Å². The fourth-order valence-corrected chi connectivity index (χ4v) is 1.54. The fourth-order valence-electron chi connectivity index (χ4n) is 1.54. The molecule has 1 unspecified atom stereocenters. The van der Waals surface area contributed by atoms with Crippen molar-refractivity contribution < 1.29 is 14.3 Å². The van der Waals surface area contributed by atoms with Crippen molar-refractivity contribution in [2.24, 2.45) is 11.7 Å². The van der Waals surface area contributed by atoms with Crippen molar-refractivity contribution in [2.75, 3.05) is 19.8 Å². The van der Waals surface area contributed by atoms with Crippen LogP contribution in [0.1, 0.15) is 32.6 Å². The van der Waals surface area contributed by atoms with E-state index < -0.39 is 0 Å². The van der Waals surface area contributed by atoms with Crippen LogP contribution in [0.25, 0.3) is 0 Å². The molecule has 1 saturated heterocycles. The van der Waals surface area contributed by atoms with Crippen molar-refractivity contribution in [2.45, 2.75) is 38.6 Å². The fraction of sp³-hybridized carbons (Fsp3) is 0.909. The third-order valence-electron chi connectivity index (χ3n) is 2.77. The van der Waals surface area contributed by atoms with Gasteiger partial charge in [-0.3, -0.25) is 4.79 Å². The third kappa shape index (κ3) is 5.14. The van der Waals surface area contributed by atoms with E-state index in [4.69, 9.17) is 15.2 Å². The van der Waals surface area contributed by atoms with Gasteiger partial charge in [-0.05, 0) is 25.2 Å². The summed E-state index contributed by atoms with van der Waals surface area (Å²) in [6.45, 7) is 4.07. The zero-order chi connectivity index (χ0) is 11.1. The average Bonchev–Trinajstić information content (AvgIpc) is 2.27. The number of hydrogen-bond acceptors (Lipinski definition) is 4. The minimum atomic E-state index is -0.171. The first-order chi connectivity index (χ1) is 7.22. The molecule has 1 rings (SSSR count). The van der Waals surface area contributed by atoms with E-state index >= 15 is 0 Å². The summed E-state index contributed by atoms with van der Waals surface area (Å²) in [4.78, 5) is 11.3. The monoisotopic (exact) mass is 215 g/mol. The van der Waals surface area contributed by atoms with Crippen molar-refractivity contribution >= 4 is 5.97 Å². The Bertz CT molecular complexity index is 190. The summed E-state index contributed by atoms with van der Waals surface area (Å²) in [5.74, 6) is 0.302. The van der Waals surface area contributed by atoms with E-state index in [0.29, 0.717) is 18.9 Å². The Morgan fingerprint density at radius 3 is 2.80 bits per heavy atom. The summed E-state index contributed by atoms with van der Waals surface area (Å²) >= 11 is 0. The van der Waals surface area contributed by atoms with Gasteiger partial charge >= 0.3 is 5.97 Å². The lowest BCUT2D eigenvalue weighted by Gasteiger charge is -2.21. The minimum Gasteiger partial charge on any atom is -0.465 e. The molecule has 0 aromatic heterocycles. The molecule has 2 N–H and O–H groups in total. The van der Waals surface area contributed by atoms with Gasteiger partial charge in [0.2, 0.25) is 0 Å². The quantitative estimate of drug-likeness (QED) is 0.697. The van der Waals surface area contributed by atoms with E-state index in [2.05, 4.69) is 0 Å². The highest BCUT2D eigenvalue weighted by Gasteiger charge is 2.16. The summed E-state index contributed by atoms with van der Waals surface area (Å²) in [6.07, 6.45) is 3.13. The summed E-state index contributed by atoms with van der Waals surface area (Å²) < 4.78 is 10.4. The smallest absolute Gasteiger partial charge is 0.307 e. The molecule has 0 bridgehead atoms. The minimum absolute atomic E-state index is 0.0628. The molecule has 1 aliphatic heterocycles. The number of carbonyl (C=O) groups excluding carboxylic acids is 1. The van der Waals surface area contributed by atoms with Gasteiger partial charge in [0, 0.05) is 19.3 Å². The number of ether oxygens (including phenoxy) is 2. The van der Waals surface area contributed by atoms with Crippen LogP contribution in [0.2, 0.25) is 0 Å². The van der Waals surface area contributed by atoms with Crippen LogP contribution in [0.5, 0.6) is 0 Å². The van der Waals surface area contributed by atoms with Crippen molar-refractivity contribution in [3.8, 4) is 0 Å². The molecule has 0 aromatic rings.